The molecule has 0 aliphatic rings. The van der Waals surface area contributed by atoms with Crippen molar-refractivity contribution in [1.29, 1.82) is 0 Å². The highest BCUT2D eigenvalue weighted by atomic mass is 35.5. The van der Waals surface area contributed by atoms with Crippen LogP contribution in [0.25, 0.3) is 0 Å². The summed E-state index contributed by atoms with van der Waals surface area (Å²) in [5, 5.41) is 1.43. The summed E-state index contributed by atoms with van der Waals surface area (Å²) in [4.78, 5) is 7.39. The van der Waals surface area contributed by atoms with E-state index in [-0.39, 0.29) is 0 Å². The molecule has 0 spiro atoms. The molecule has 5 heteroatoms. The number of halogens is 1. The minimum atomic E-state index is 0.617. The van der Waals surface area contributed by atoms with E-state index < -0.39 is 0 Å². The molecule has 0 radical (unpaired) electrons. The first-order valence-electron chi connectivity index (χ1n) is 5.27. The maximum Gasteiger partial charge on any atom is 0.180 e. The van der Waals surface area contributed by atoms with E-state index in [0.29, 0.717) is 5.13 Å². The van der Waals surface area contributed by atoms with Gasteiger partial charge in [0, 0.05) is 29.2 Å². The summed E-state index contributed by atoms with van der Waals surface area (Å²) in [5.74, 6) is 0. The summed E-state index contributed by atoms with van der Waals surface area (Å²) in [5.41, 5.74) is 6.73. The molecule has 90 valence electrons. The highest BCUT2D eigenvalue weighted by Gasteiger charge is 2.06. The van der Waals surface area contributed by atoms with Crippen molar-refractivity contribution in [2.45, 2.75) is 13.1 Å². The molecule has 1 aromatic carbocycles. The van der Waals surface area contributed by atoms with Gasteiger partial charge in [0.05, 0.1) is 0 Å². The van der Waals surface area contributed by atoms with Gasteiger partial charge >= 0.3 is 0 Å². The van der Waals surface area contributed by atoms with E-state index in [4.69, 9.17) is 17.3 Å². The number of nitrogens with zero attached hydrogens (tertiary/aromatic N) is 2. The lowest BCUT2D eigenvalue weighted by Crippen LogP contribution is -2.16. The first-order chi connectivity index (χ1) is 8.15. The van der Waals surface area contributed by atoms with Gasteiger partial charge in [0.15, 0.2) is 5.13 Å². The molecule has 2 N–H and O–H groups in total. The number of benzene rings is 1. The average molecular weight is 268 g/mol. The van der Waals surface area contributed by atoms with E-state index in [0.717, 1.165) is 28.6 Å². The number of nitrogen functional groups attached to an aromatic ring is 1. The molecule has 3 nitrogen and oxygen atoms in total. The molecule has 0 saturated carbocycles. The van der Waals surface area contributed by atoms with E-state index in [1.165, 1.54) is 11.3 Å². The van der Waals surface area contributed by atoms with Crippen LogP contribution in [0.3, 0.4) is 0 Å². The van der Waals surface area contributed by atoms with Gasteiger partial charge in [-0.05, 0) is 18.7 Å². The van der Waals surface area contributed by atoms with Gasteiger partial charge in [0.25, 0.3) is 0 Å². The van der Waals surface area contributed by atoms with E-state index in [1.807, 2.05) is 30.5 Å². The van der Waals surface area contributed by atoms with E-state index >= 15 is 0 Å². The van der Waals surface area contributed by atoms with Crippen LogP contribution in [-0.2, 0) is 13.1 Å². The van der Waals surface area contributed by atoms with Crippen LogP contribution in [0.2, 0.25) is 5.02 Å². The Balaban J connectivity index is 1.98. The molecule has 0 aliphatic heterocycles. The van der Waals surface area contributed by atoms with Gasteiger partial charge in [-0.3, -0.25) is 4.90 Å². The lowest BCUT2D eigenvalue weighted by molar-refractivity contribution is 0.322. The molecular formula is C12H14ClN3S. The summed E-state index contributed by atoms with van der Waals surface area (Å²) < 4.78 is 0. The van der Waals surface area contributed by atoms with Crippen LogP contribution >= 0.6 is 22.9 Å². The average Bonchev–Trinajstić information content (AvgIpc) is 2.67. The Kier molecular flexibility index (Phi) is 3.99. The van der Waals surface area contributed by atoms with E-state index in [2.05, 4.69) is 16.9 Å². The topological polar surface area (TPSA) is 42.2 Å². The van der Waals surface area contributed by atoms with Crippen molar-refractivity contribution in [2.75, 3.05) is 12.8 Å². The largest absolute Gasteiger partial charge is 0.375 e. The molecule has 1 heterocycles. The Labute approximate surface area is 110 Å². The molecule has 17 heavy (non-hydrogen) atoms. The predicted octanol–water partition coefficient (Wildman–Crippen LogP) is 3.01. The van der Waals surface area contributed by atoms with Gasteiger partial charge in [-0.25, -0.2) is 4.98 Å². The van der Waals surface area contributed by atoms with Crippen LogP contribution in [0.5, 0.6) is 0 Å². The SMILES string of the molecule is CN(Cc1cnc(N)s1)Cc1ccccc1Cl. The number of thiazole rings is 1. The first kappa shape index (κ1) is 12.4. The number of hydrogen-bond donors (Lipinski definition) is 1. The lowest BCUT2D eigenvalue weighted by atomic mass is 10.2. The van der Waals surface area contributed by atoms with E-state index in [1.54, 1.807) is 0 Å². The molecule has 0 aliphatic carbocycles. The van der Waals surface area contributed by atoms with E-state index in [9.17, 15) is 0 Å². The second-order valence-corrected chi connectivity index (χ2v) is 5.48. The van der Waals surface area contributed by atoms with Crippen LogP contribution in [-0.4, -0.2) is 16.9 Å². The minimum Gasteiger partial charge on any atom is -0.375 e. The van der Waals surface area contributed by atoms with Crippen LogP contribution in [0.1, 0.15) is 10.4 Å². The molecule has 2 rings (SSSR count). The van der Waals surface area contributed by atoms with Crippen molar-refractivity contribution in [1.82, 2.24) is 9.88 Å². The summed E-state index contributed by atoms with van der Waals surface area (Å²) in [6.07, 6.45) is 1.82. The van der Waals surface area contributed by atoms with Crippen molar-refractivity contribution in [2.24, 2.45) is 0 Å². The van der Waals surface area contributed by atoms with Gasteiger partial charge in [-0.1, -0.05) is 29.8 Å². The molecule has 2 aromatic rings. The van der Waals surface area contributed by atoms with Crippen LogP contribution in [0, 0.1) is 0 Å². The maximum atomic E-state index is 6.12. The maximum absolute atomic E-state index is 6.12. The third-order valence-corrected chi connectivity index (χ3v) is 3.58. The zero-order valence-corrected chi connectivity index (χ0v) is 11.1. The second kappa shape index (κ2) is 5.49. The van der Waals surface area contributed by atoms with Crippen LogP contribution in [0.15, 0.2) is 30.5 Å². The quantitative estimate of drug-likeness (QED) is 0.926. The van der Waals surface area contributed by atoms with Gasteiger partial charge in [0.1, 0.15) is 0 Å². The van der Waals surface area contributed by atoms with Crippen molar-refractivity contribution < 1.29 is 0 Å². The molecule has 0 bridgehead atoms. The minimum absolute atomic E-state index is 0.617. The number of hydrogen-bond acceptors (Lipinski definition) is 4. The Morgan fingerprint density at radius 2 is 2.12 bits per heavy atom. The van der Waals surface area contributed by atoms with Crippen molar-refractivity contribution >= 4 is 28.1 Å². The third kappa shape index (κ3) is 3.43. The van der Waals surface area contributed by atoms with Gasteiger partial charge in [0.2, 0.25) is 0 Å². The van der Waals surface area contributed by atoms with Gasteiger partial charge in [-0.2, -0.15) is 0 Å². The fraction of sp³-hybridized carbons (Fsp3) is 0.250. The molecule has 0 saturated heterocycles. The molecule has 0 amide bonds. The van der Waals surface area contributed by atoms with Crippen molar-refractivity contribution in [3.05, 3.63) is 45.9 Å². The molecular weight excluding hydrogens is 254 g/mol. The normalized spacial score (nSPS) is 11.0. The van der Waals surface area contributed by atoms with Gasteiger partial charge < -0.3 is 5.73 Å². The Morgan fingerprint density at radius 3 is 2.76 bits per heavy atom. The van der Waals surface area contributed by atoms with Crippen molar-refractivity contribution in [3.8, 4) is 0 Å². The number of anilines is 1. The first-order valence-corrected chi connectivity index (χ1v) is 6.46. The molecule has 0 unspecified atom stereocenters. The number of rotatable bonds is 4. The van der Waals surface area contributed by atoms with Crippen molar-refractivity contribution in [3.63, 3.8) is 0 Å². The van der Waals surface area contributed by atoms with Crippen LogP contribution < -0.4 is 5.73 Å². The third-order valence-electron chi connectivity index (χ3n) is 2.40. The molecule has 0 fully saturated rings. The molecule has 0 atom stereocenters. The Hall–Kier alpha value is -1.10. The summed E-state index contributed by atoms with van der Waals surface area (Å²) in [7, 11) is 2.05. The predicted molar refractivity (Wildman–Crippen MR) is 73.1 cm³/mol. The lowest BCUT2D eigenvalue weighted by Gasteiger charge is -2.16. The second-order valence-electron chi connectivity index (χ2n) is 3.93. The summed E-state index contributed by atoms with van der Waals surface area (Å²) in [6.45, 7) is 1.65. The van der Waals surface area contributed by atoms with Crippen LogP contribution in [0.4, 0.5) is 5.13 Å². The fourth-order valence-corrected chi connectivity index (χ4v) is 2.59. The molecule has 1 aromatic heterocycles. The number of nitrogens with two attached hydrogens (primary N) is 1. The standard InChI is InChI=1S/C12H14ClN3S/c1-16(8-10-6-15-12(14)17-10)7-9-4-2-3-5-11(9)13/h2-6H,7-8H2,1H3,(H2,14,15). The monoisotopic (exact) mass is 267 g/mol. The highest BCUT2D eigenvalue weighted by molar-refractivity contribution is 7.15. The van der Waals surface area contributed by atoms with Gasteiger partial charge in [-0.15, -0.1) is 11.3 Å². The smallest absolute Gasteiger partial charge is 0.180 e. The Bertz CT molecular complexity index is 498. The number of aromatic nitrogens is 1. The zero-order valence-electron chi connectivity index (χ0n) is 9.56. The Morgan fingerprint density at radius 1 is 1.35 bits per heavy atom. The fourth-order valence-electron chi connectivity index (χ4n) is 1.64. The summed E-state index contributed by atoms with van der Waals surface area (Å²) in [6, 6.07) is 7.89. The highest BCUT2D eigenvalue weighted by Crippen LogP contribution is 2.19. The zero-order chi connectivity index (χ0) is 12.3. The summed E-state index contributed by atoms with van der Waals surface area (Å²) >= 11 is 7.64.